The molecule has 0 unspecified atom stereocenters. The first-order chi connectivity index (χ1) is 8.95. The zero-order valence-corrected chi connectivity index (χ0v) is 11.9. The van der Waals surface area contributed by atoms with E-state index in [9.17, 15) is 4.79 Å². The number of hydrogen-bond donors (Lipinski definition) is 1. The van der Waals surface area contributed by atoms with Crippen molar-refractivity contribution in [3.05, 3.63) is 24.3 Å². The first kappa shape index (κ1) is 15.3. The van der Waals surface area contributed by atoms with Crippen molar-refractivity contribution in [2.24, 2.45) is 5.41 Å². The molecule has 0 amide bonds. The average molecular weight is 265 g/mol. The number of esters is 1. The van der Waals surface area contributed by atoms with Gasteiger partial charge >= 0.3 is 5.97 Å². The van der Waals surface area contributed by atoms with Gasteiger partial charge in [0.25, 0.3) is 0 Å². The van der Waals surface area contributed by atoms with Crippen LogP contribution in [-0.2, 0) is 9.53 Å². The highest BCUT2D eigenvalue weighted by Gasteiger charge is 2.28. The standard InChI is InChI=1S/C15H23NO3/c1-4-18-14(17)15(2,3)10-5-11-19-13-8-6-12(16)7-9-13/h6-9H,4-5,10-11,16H2,1-3H3. The van der Waals surface area contributed by atoms with E-state index < -0.39 is 5.41 Å². The maximum atomic E-state index is 11.7. The second-order valence-electron chi connectivity index (χ2n) is 5.13. The largest absolute Gasteiger partial charge is 0.494 e. The van der Waals surface area contributed by atoms with Crippen molar-refractivity contribution in [3.63, 3.8) is 0 Å². The van der Waals surface area contributed by atoms with E-state index in [1.54, 1.807) is 12.1 Å². The minimum atomic E-state index is -0.458. The lowest BCUT2D eigenvalue weighted by Gasteiger charge is -2.22. The summed E-state index contributed by atoms with van der Waals surface area (Å²) in [6.07, 6.45) is 1.54. The average Bonchev–Trinajstić information content (AvgIpc) is 2.37. The van der Waals surface area contributed by atoms with E-state index in [2.05, 4.69) is 0 Å². The molecule has 0 aromatic heterocycles. The summed E-state index contributed by atoms with van der Waals surface area (Å²) in [5.41, 5.74) is 5.85. The summed E-state index contributed by atoms with van der Waals surface area (Å²) in [6.45, 7) is 6.61. The molecule has 1 aromatic carbocycles. The number of rotatable bonds is 7. The molecule has 0 radical (unpaired) electrons. The van der Waals surface area contributed by atoms with Gasteiger partial charge in [0.05, 0.1) is 18.6 Å². The lowest BCUT2D eigenvalue weighted by Crippen LogP contribution is -2.27. The Kier molecular flexibility index (Phi) is 5.67. The van der Waals surface area contributed by atoms with Crippen molar-refractivity contribution in [2.45, 2.75) is 33.6 Å². The Balaban J connectivity index is 2.30. The van der Waals surface area contributed by atoms with Crippen molar-refractivity contribution in [1.82, 2.24) is 0 Å². The minimum absolute atomic E-state index is 0.150. The molecular formula is C15H23NO3. The van der Waals surface area contributed by atoms with Gasteiger partial charge in [-0.2, -0.15) is 0 Å². The second kappa shape index (κ2) is 7.02. The second-order valence-corrected chi connectivity index (χ2v) is 5.13. The maximum Gasteiger partial charge on any atom is 0.311 e. The van der Waals surface area contributed by atoms with Crippen LogP contribution in [-0.4, -0.2) is 19.2 Å². The van der Waals surface area contributed by atoms with Crippen LogP contribution >= 0.6 is 0 Å². The van der Waals surface area contributed by atoms with E-state index in [4.69, 9.17) is 15.2 Å². The molecule has 106 valence electrons. The van der Waals surface area contributed by atoms with Gasteiger partial charge in [0.1, 0.15) is 5.75 Å². The van der Waals surface area contributed by atoms with Crippen LogP contribution < -0.4 is 10.5 Å². The van der Waals surface area contributed by atoms with Crippen LogP contribution in [0, 0.1) is 5.41 Å². The summed E-state index contributed by atoms with van der Waals surface area (Å²) in [6, 6.07) is 7.29. The van der Waals surface area contributed by atoms with E-state index in [1.165, 1.54) is 0 Å². The molecule has 2 N–H and O–H groups in total. The molecule has 0 atom stereocenters. The Labute approximate surface area is 114 Å². The summed E-state index contributed by atoms with van der Waals surface area (Å²) in [5.74, 6) is 0.644. The van der Waals surface area contributed by atoms with E-state index in [1.807, 2.05) is 32.9 Å². The van der Waals surface area contributed by atoms with E-state index in [-0.39, 0.29) is 5.97 Å². The summed E-state index contributed by atoms with van der Waals surface area (Å²) in [5, 5.41) is 0. The number of ether oxygens (including phenoxy) is 2. The molecular weight excluding hydrogens is 242 g/mol. The number of nitrogen functional groups attached to an aromatic ring is 1. The predicted octanol–water partition coefficient (Wildman–Crippen LogP) is 3.02. The Morgan fingerprint density at radius 2 is 1.89 bits per heavy atom. The Morgan fingerprint density at radius 3 is 2.47 bits per heavy atom. The zero-order valence-electron chi connectivity index (χ0n) is 11.9. The molecule has 1 aromatic rings. The van der Waals surface area contributed by atoms with Gasteiger partial charge in [0.15, 0.2) is 0 Å². The zero-order chi connectivity index (χ0) is 14.3. The van der Waals surface area contributed by atoms with Gasteiger partial charge in [0.2, 0.25) is 0 Å². The first-order valence-electron chi connectivity index (χ1n) is 6.61. The van der Waals surface area contributed by atoms with Crippen LogP contribution in [0.15, 0.2) is 24.3 Å². The van der Waals surface area contributed by atoms with Crippen LogP contribution in [0.25, 0.3) is 0 Å². The number of carbonyl (C=O) groups is 1. The lowest BCUT2D eigenvalue weighted by molar-refractivity contribution is -0.153. The van der Waals surface area contributed by atoms with Crippen LogP contribution in [0.5, 0.6) is 5.75 Å². The minimum Gasteiger partial charge on any atom is -0.494 e. The van der Waals surface area contributed by atoms with E-state index in [0.29, 0.717) is 13.2 Å². The Morgan fingerprint density at radius 1 is 1.26 bits per heavy atom. The van der Waals surface area contributed by atoms with Crippen LogP contribution in [0.2, 0.25) is 0 Å². The van der Waals surface area contributed by atoms with Gasteiger partial charge in [0, 0.05) is 5.69 Å². The van der Waals surface area contributed by atoms with Crippen molar-refractivity contribution in [1.29, 1.82) is 0 Å². The topological polar surface area (TPSA) is 61.5 Å². The number of hydrogen-bond acceptors (Lipinski definition) is 4. The predicted molar refractivity (Wildman–Crippen MR) is 76.0 cm³/mol. The number of nitrogens with two attached hydrogens (primary N) is 1. The highest BCUT2D eigenvalue weighted by molar-refractivity contribution is 5.75. The molecule has 4 nitrogen and oxygen atoms in total. The quantitative estimate of drug-likeness (QED) is 0.467. The molecule has 0 saturated carbocycles. The third-order valence-electron chi connectivity index (χ3n) is 2.92. The van der Waals surface area contributed by atoms with Gasteiger partial charge in [-0.1, -0.05) is 0 Å². The van der Waals surface area contributed by atoms with Gasteiger partial charge in [-0.15, -0.1) is 0 Å². The molecule has 4 heteroatoms. The molecule has 0 spiro atoms. The highest BCUT2D eigenvalue weighted by atomic mass is 16.5. The summed E-state index contributed by atoms with van der Waals surface area (Å²) in [4.78, 5) is 11.7. The third kappa shape index (κ3) is 5.20. The third-order valence-corrected chi connectivity index (χ3v) is 2.92. The van der Waals surface area contributed by atoms with Crippen molar-refractivity contribution in [2.75, 3.05) is 18.9 Å². The van der Waals surface area contributed by atoms with Crippen LogP contribution in [0.3, 0.4) is 0 Å². The van der Waals surface area contributed by atoms with Gasteiger partial charge in [-0.3, -0.25) is 4.79 Å². The van der Waals surface area contributed by atoms with E-state index in [0.717, 1.165) is 24.3 Å². The van der Waals surface area contributed by atoms with Crippen molar-refractivity contribution in [3.8, 4) is 5.75 Å². The normalized spacial score (nSPS) is 11.1. The van der Waals surface area contributed by atoms with Crippen LogP contribution in [0.4, 0.5) is 5.69 Å². The highest BCUT2D eigenvalue weighted by Crippen LogP contribution is 2.24. The molecule has 0 bridgehead atoms. The van der Waals surface area contributed by atoms with Crippen molar-refractivity contribution >= 4 is 11.7 Å². The molecule has 0 saturated heterocycles. The Hall–Kier alpha value is -1.71. The number of benzene rings is 1. The van der Waals surface area contributed by atoms with E-state index >= 15 is 0 Å². The fraction of sp³-hybridized carbons (Fsp3) is 0.533. The fourth-order valence-corrected chi connectivity index (χ4v) is 1.70. The van der Waals surface area contributed by atoms with Crippen LogP contribution in [0.1, 0.15) is 33.6 Å². The monoisotopic (exact) mass is 265 g/mol. The first-order valence-corrected chi connectivity index (χ1v) is 6.61. The molecule has 19 heavy (non-hydrogen) atoms. The SMILES string of the molecule is CCOC(=O)C(C)(C)CCCOc1ccc(N)cc1. The summed E-state index contributed by atoms with van der Waals surface area (Å²) >= 11 is 0. The molecule has 0 aliphatic rings. The fourth-order valence-electron chi connectivity index (χ4n) is 1.70. The van der Waals surface area contributed by atoms with Crippen molar-refractivity contribution < 1.29 is 14.3 Å². The molecule has 0 aliphatic carbocycles. The lowest BCUT2D eigenvalue weighted by atomic mass is 9.88. The molecule has 1 rings (SSSR count). The number of anilines is 1. The van der Waals surface area contributed by atoms with Gasteiger partial charge < -0.3 is 15.2 Å². The number of carbonyl (C=O) groups excluding carboxylic acids is 1. The maximum absolute atomic E-state index is 11.7. The Bertz CT molecular complexity index is 398. The smallest absolute Gasteiger partial charge is 0.311 e. The molecule has 0 fully saturated rings. The summed E-state index contributed by atoms with van der Waals surface area (Å²) < 4.78 is 10.6. The molecule has 0 heterocycles. The van der Waals surface area contributed by atoms with Gasteiger partial charge in [-0.25, -0.2) is 0 Å². The van der Waals surface area contributed by atoms with Gasteiger partial charge in [-0.05, 0) is 57.9 Å². The summed E-state index contributed by atoms with van der Waals surface area (Å²) in [7, 11) is 0. The molecule has 0 aliphatic heterocycles.